The molecular formula is C61H95NO24. The lowest BCUT2D eigenvalue weighted by Gasteiger charge is -2.72. The number of anilines is 1. The maximum atomic E-state index is 13.1. The molecule has 9 aliphatic rings. The van der Waals surface area contributed by atoms with Gasteiger partial charge in [-0.05, 0) is 108 Å². The molecule has 0 amide bonds. The minimum absolute atomic E-state index is 0.0873. The molecule has 0 spiro atoms. The Morgan fingerprint density at radius 3 is 1.76 bits per heavy atom. The van der Waals surface area contributed by atoms with Gasteiger partial charge in [-0.2, -0.15) is 0 Å². The molecule has 10 rings (SSSR count). The molecule has 0 unspecified atom stereocenters. The van der Waals surface area contributed by atoms with E-state index in [1.807, 2.05) is 13.8 Å². The minimum Gasteiger partial charge on any atom is -0.459 e. The highest BCUT2D eigenvalue weighted by molar-refractivity contribution is 5.95. The van der Waals surface area contributed by atoms with Crippen molar-refractivity contribution < 1.29 is 119 Å². The standard InChI is InChI=1S/C61H95NO24/c1-56(2)19-29-28-13-14-36-58(5)17-16-38(85-54-49(75)46(72)43(69)34(84-54)25-81-53-48(74)44(70)42(68)33(82-53)24-80-52-47(73)40(66)31(64)22-79-52)57(3,4)35(58)15-18-59(36,6)60(28,7)20-37(65)61(29,26-63)21-39(56)86-55-50(76)45(71)41(67)32(83-55)23-78-51(77)27-11-9-10-12-30(27)62-8/h9-13,29,31-50,52-55,62-76H,14-26H2,1-8H3/t29-,31+,32+,33+,34+,35-,36+,37-,38-,39-,40-,41+,42+,43+,44-,45-,46-,47+,48+,49+,50+,52-,53+,54-,55-,58-,59+,60+,61+/m0/s1. The van der Waals surface area contributed by atoms with Gasteiger partial charge in [0.1, 0.15) is 98.2 Å². The normalized spacial score (nSPS) is 49.9. The Balaban J connectivity index is 0.798. The Labute approximate surface area is 501 Å². The zero-order valence-electron chi connectivity index (χ0n) is 50.4. The van der Waals surface area contributed by atoms with Crippen LogP contribution in [0.2, 0.25) is 0 Å². The van der Waals surface area contributed by atoms with Crippen LogP contribution in [0.25, 0.3) is 0 Å². The van der Waals surface area contributed by atoms with Crippen molar-refractivity contribution >= 4 is 11.7 Å². The number of carbonyl (C=O) groups excluding carboxylic acids is 1. The fraction of sp³-hybridized carbons (Fsp3) is 0.852. The van der Waals surface area contributed by atoms with Crippen molar-refractivity contribution in [3.63, 3.8) is 0 Å². The number of rotatable bonds is 15. The first-order chi connectivity index (χ1) is 40.4. The molecule has 4 saturated carbocycles. The summed E-state index contributed by atoms with van der Waals surface area (Å²) in [6.45, 7) is 13.1. The Kier molecular flexibility index (Phi) is 19.1. The third kappa shape index (κ3) is 11.2. The smallest absolute Gasteiger partial charge is 0.340 e. The van der Waals surface area contributed by atoms with E-state index in [4.69, 9.17) is 42.6 Å². The van der Waals surface area contributed by atoms with Gasteiger partial charge >= 0.3 is 5.97 Å². The summed E-state index contributed by atoms with van der Waals surface area (Å²) in [6, 6.07) is 6.74. The molecule has 15 N–H and O–H groups in total. The number of esters is 1. The van der Waals surface area contributed by atoms with Gasteiger partial charge in [-0.25, -0.2) is 4.79 Å². The molecule has 25 nitrogen and oxygen atoms in total. The number of aliphatic hydroxyl groups excluding tert-OH is 14. The molecule has 5 aliphatic carbocycles. The van der Waals surface area contributed by atoms with Crippen LogP contribution in [0.3, 0.4) is 0 Å². The third-order valence-corrected chi connectivity index (χ3v) is 23.0. The number of ether oxygens (including phenoxy) is 9. The average Bonchev–Trinajstić information content (AvgIpc) is 0.806. The van der Waals surface area contributed by atoms with E-state index in [0.717, 1.165) is 25.7 Å². The molecule has 0 bridgehead atoms. The van der Waals surface area contributed by atoms with Gasteiger partial charge in [-0.1, -0.05) is 72.2 Å². The highest BCUT2D eigenvalue weighted by Gasteiger charge is 2.71. The zero-order valence-corrected chi connectivity index (χ0v) is 50.4. The van der Waals surface area contributed by atoms with Crippen LogP contribution in [0.1, 0.15) is 110 Å². The second kappa shape index (κ2) is 24.8. The number of aliphatic hydroxyl groups is 14. The maximum Gasteiger partial charge on any atom is 0.340 e. The van der Waals surface area contributed by atoms with E-state index in [1.165, 1.54) is 5.57 Å². The third-order valence-electron chi connectivity index (χ3n) is 23.0. The van der Waals surface area contributed by atoms with Crippen LogP contribution < -0.4 is 5.32 Å². The first-order valence-electron chi connectivity index (χ1n) is 30.6. The Bertz CT molecular complexity index is 2560. The van der Waals surface area contributed by atoms with Crippen molar-refractivity contribution in [3.8, 4) is 0 Å². The second-order valence-corrected chi connectivity index (χ2v) is 28.3. The Morgan fingerprint density at radius 2 is 1.15 bits per heavy atom. The maximum absolute atomic E-state index is 13.1. The molecule has 4 saturated heterocycles. The van der Waals surface area contributed by atoms with Crippen LogP contribution in [-0.4, -0.2) is 253 Å². The molecule has 8 fully saturated rings. The van der Waals surface area contributed by atoms with E-state index in [-0.39, 0.29) is 53.8 Å². The molecule has 29 atom stereocenters. The van der Waals surface area contributed by atoms with Crippen LogP contribution in [0.4, 0.5) is 5.69 Å². The van der Waals surface area contributed by atoms with E-state index in [0.29, 0.717) is 24.9 Å². The number of benzene rings is 1. The van der Waals surface area contributed by atoms with Crippen molar-refractivity contribution in [2.24, 2.45) is 50.2 Å². The van der Waals surface area contributed by atoms with Gasteiger partial charge in [0.05, 0.1) is 50.3 Å². The largest absolute Gasteiger partial charge is 0.459 e. The van der Waals surface area contributed by atoms with Gasteiger partial charge in [0.2, 0.25) is 0 Å². The van der Waals surface area contributed by atoms with Crippen LogP contribution in [0.5, 0.6) is 0 Å². The molecule has 488 valence electrons. The summed E-state index contributed by atoms with van der Waals surface area (Å²) < 4.78 is 53.5. The summed E-state index contributed by atoms with van der Waals surface area (Å²) in [5.74, 6) is -0.711. The molecule has 4 heterocycles. The first kappa shape index (κ1) is 66.3. The predicted molar refractivity (Wildman–Crippen MR) is 299 cm³/mol. The quantitative estimate of drug-likeness (QED) is 0.0564. The lowest BCUT2D eigenvalue weighted by Crippen LogP contribution is -2.68. The highest BCUT2D eigenvalue weighted by atomic mass is 16.7. The van der Waals surface area contributed by atoms with Crippen LogP contribution in [0.15, 0.2) is 35.9 Å². The number of hydrogen-bond donors (Lipinski definition) is 15. The van der Waals surface area contributed by atoms with Crippen LogP contribution >= 0.6 is 0 Å². The van der Waals surface area contributed by atoms with E-state index in [1.54, 1.807) is 31.3 Å². The van der Waals surface area contributed by atoms with Gasteiger partial charge < -0.3 is 119 Å². The van der Waals surface area contributed by atoms with Crippen molar-refractivity contribution in [1.82, 2.24) is 0 Å². The number of allylic oxidation sites excluding steroid dienone is 2. The molecule has 4 aliphatic heterocycles. The SMILES string of the molecule is CNc1ccccc1C(=O)OC[C@H]1O[C@@H](O[C@H]2C[C@]3(CO)[C@@H](O)C[C@]4(C)C(=CC[C@@H]5[C@@]6(C)CC[C@H](O[C@@H]7O[C@H](CO[C@@H]8O[C@H](CO[C@@H]9OC[C@@H](O)[C@H](O)[C@H]9O)[C@@H](O)[C@H](O)[C@H]8O)[C@@H](O)[C@H](O)[C@H]7O)C(C)(C)[C@@H]6CC[C@]54C)[C@@H]3CC2(C)C)[C@H](O)[C@@H](O)[C@@H]1O. The minimum atomic E-state index is -1.81. The van der Waals surface area contributed by atoms with Crippen molar-refractivity contribution in [1.29, 1.82) is 0 Å². The number of para-hydroxylation sites is 1. The number of fused-ring (bicyclic) bond motifs is 7. The average molecular weight is 1230 g/mol. The first-order valence-corrected chi connectivity index (χ1v) is 30.6. The number of hydrogen-bond acceptors (Lipinski definition) is 25. The van der Waals surface area contributed by atoms with Gasteiger partial charge in [-0.15, -0.1) is 0 Å². The zero-order chi connectivity index (χ0) is 62.5. The van der Waals surface area contributed by atoms with E-state index in [2.05, 4.69) is 46.0 Å². The lowest BCUT2D eigenvalue weighted by molar-refractivity contribution is -0.348. The molecular weight excluding hydrogens is 1130 g/mol. The van der Waals surface area contributed by atoms with Crippen molar-refractivity contribution in [2.75, 3.05) is 45.4 Å². The molecule has 0 radical (unpaired) electrons. The van der Waals surface area contributed by atoms with E-state index in [9.17, 15) is 76.3 Å². The van der Waals surface area contributed by atoms with E-state index < -0.39 is 182 Å². The topological polar surface area (TPSA) is 395 Å². The summed E-state index contributed by atoms with van der Waals surface area (Å²) in [4.78, 5) is 13.1. The summed E-state index contributed by atoms with van der Waals surface area (Å²) >= 11 is 0. The molecule has 0 aromatic heterocycles. The molecule has 1 aromatic carbocycles. The van der Waals surface area contributed by atoms with Crippen molar-refractivity contribution in [2.45, 2.75) is 235 Å². The molecule has 86 heavy (non-hydrogen) atoms. The Morgan fingerprint density at radius 1 is 0.605 bits per heavy atom. The number of carbonyl (C=O) groups is 1. The van der Waals surface area contributed by atoms with Crippen molar-refractivity contribution in [3.05, 3.63) is 41.5 Å². The van der Waals surface area contributed by atoms with Gasteiger partial charge in [0.25, 0.3) is 0 Å². The second-order valence-electron chi connectivity index (χ2n) is 28.3. The fourth-order valence-electron chi connectivity index (χ4n) is 17.4. The molecule has 1 aromatic rings. The van der Waals surface area contributed by atoms with Crippen LogP contribution in [-0.2, 0) is 42.6 Å². The van der Waals surface area contributed by atoms with Crippen LogP contribution in [0, 0.1) is 50.2 Å². The lowest BCUT2D eigenvalue weighted by atomic mass is 9.33. The summed E-state index contributed by atoms with van der Waals surface area (Å²) in [5.41, 5.74) is -1.29. The van der Waals surface area contributed by atoms with Gasteiger partial charge in [-0.3, -0.25) is 0 Å². The highest BCUT2D eigenvalue weighted by Crippen LogP contribution is 2.76. The Hall–Kier alpha value is -2.65. The summed E-state index contributed by atoms with van der Waals surface area (Å²) in [6.07, 6.45) is -25.1. The molecule has 25 heteroatoms. The summed E-state index contributed by atoms with van der Waals surface area (Å²) in [7, 11) is 1.67. The van der Waals surface area contributed by atoms with Gasteiger partial charge in [0, 0.05) is 18.2 Å². The summed E-state index contributed by atoms with van der Waals surface area (Å²) in [5, 5.41) is 157. The fourth-order valence-corrected chi connectivity index (χ4v) is 17.4. The number of nitrogens with one attached hydrogen (secondary N) is 1. The van der Waals surface area contributed by atoms with Gasteiger partial charge in [0.15, 0.2) is 25.2 Å². The van der Waals surface area contributed by atoms with E-state index >= 15 is 0 Å². The monoisotopic (exact) mass is 1230 g/mol. The predicted octanol–water partition coefficient (Wildman–Crippen LogP) is -1.07.